The predicted octanol–water partition coefficient (Wildman–Crippen LogP) is 2.97. The van der Waals surface area contributed by atoms with Gasteiger partial charge in [0.05, 0.1) is 6.61 Å². The molecule has 0 aliphatic carbocycles. The van der Waals surface area contributed by atoms with E-state index in [1.807, 2.05) is 0 Å². The van der Waals surface area contributed by atoms with E-state index < -0.39 is 5.97 Å². The molecule has 0 atom stereocenters. The van der Waals surface area contributed by atoms with Crippen molar-refractivity contribution in [2.24, 2.45) is 0 Å². The Bertz CT molecular complexity index is 577. The Labute approximate surface area is 103 Å². The van der Waals surface area contributed by atoms with E-state index in [0.717, 1.165) is 0 Å². The zero-order chi connectivity index (χ0) is 13.1. The number of carbonyl (C=O) groups excluding carboxylic acids is 1. The van der Waals surface area contributed by atoms with Crippen LogP contribution in [-0.2, 0) is 4.74 Å². The van der Waals surface area contributed by atoms with Crippen LogP contribution in [0.2, 0.25) is 0 Å². The Morgan fingerprint density at radius 3 is 2.94 bits per heavy atom. The highest BCUT2D eigenvalue weighted by atomic mass is 19.1. The molecule has 0 saturated heterocycles. The smallest absolute Gasteiger partial charge is 0.360 e. The maximum atomic E-state index is 13.1. The lowest BCUT2D eigenvalue weighted by molar-refractivity contribution is 0.0514. The molecule has 0 fully saturated rings. The van der Waals surface area contributed by atoms with Gasteiger partial charge in [0.25, 0.3) is 0 Å². The lowest BCUT2D eigenvalue weighted by Crippen LogP contribution is -2.06. The van der Waals surface area contributed by atoms with Crippen molar-refractivity contribution in [3.63, 3.8) is 0 Å². The molecule has 1 aromatic carbocycles. The normalized spacial score (nSPS) is 10.4. The summed E-state index contributed by atoms with van der Waals surface area (Å²) < 4.78 is 23.0. The summed E-state index contributed by atoms with van der Waals surface area (Å²) in [5.74, 6) is -0.542. The maximum absolute atomic E-state index is 13.1. The number of ether oxygens (including phenoxy) is 1. The number of esters is 1. The molecule has 4 nitrogen and oxygen atoms in total. The highest BCUT2D eigenvalue weighted by molar-refractivity contribution is 5.90. The average Bonchev–Trinajstić information content (AvgIpc) is 2.71. The molecule has 94 valence electrons. The van der Waals surface area contributed by atoms with Crippen molar-refractivity contribution in [3.8, 4) is 11.3 Å². The zero-order valence-corrected chi connectivity index (χ0v) is 10.1. The van der Waals surface area contributed by atoms with E-state index in [0.29, 0.717) is 16.9 Å². The van der Waals surface area contributed by atoms with Crippen LogP contribution in [0.25, 0.3) is 11.3 Å². The molecule has 1 aromatic heterocycles. The van der Waals surface area contributed by atoms with Crippen LogP contribution in [0.4, 0.5) is 4.39 Å². The number of hydrogen-bond acceptors (Lipinski definition) is 4. The molecule has 0 aliphatic heterocycles. The van der Waals surface area contributed by atoms with E-state index in [1.54, 1.807) is 26.0 Å². The van der Waals surface area contributed by atoms with Gasteiger partial charge in [-0.3, -0.25) is 0 Å². The van der Waals surface area contributed by atoms with Gasteiger partial charge in [0.1, 0.15) is 5.82 Å². The Morgan fingerprint density at radius 2 is 2.28 bits per heavy atom. The van der Waals surface area contributed by atoms with E-state index in [2.05, 4.69) is 5.16 Å². The minimum Gasteiger partial charge on any atom is -0.461 e. The summed E-state index contributed by atoms with van der Waals surface area (Å²) in [7, 11) is 0. The van der Waals surface area contributed by atoms with Crippen LogP contribution in [0.5, 0.6) is 0 Å². The van der Waals surface area contributed by atoms with E-state index in [9.17, 15) is 9.18 Å². The standard InChI is InChI=1S/C13H12FNO3/c1-3-17-13(16)11-8(2)12(18-15-11)9-5-4-6-10(14)7-9/h4-7H,3H2,1-2H3. The summed E-state index contributed by atoms with van der Waals surface area (Å²) in [5, 5.41) is 3.67. The van der Waals surface area contributed by atoms with E-state index in [4.69, 9.17) is 9.26 Å². The molecule has 18 heavy (non-hydrogen) atoms. The highest BCUT2D eigenvalue weighted by Gasteiger charge is 2.20. The zero-order valence-electron chi connectivity index (χ0n) is 10.1. The van der Waals surface area contributed by atoms with Crippen LogP contribution in [0.15, 0.2) is 28.8 Å². The molecule has 2 rings (SSSR count). The first-order valence-electron chi connectivity index (χ1n) is 5.52. The lowest BCUT2D eigenvalue weighted by atomic mass is 10.1. The Kier molecular flexibility index (Phi) is 3.41. The SMILES string of the molecule is CCOC(=O)c1noc(-c2cccc(F)c2)c1C. The van der Waals surface area contributed by atoms with Crippen molar-refractivity contribution < 1.29 is 18.4 Å². The van der Waals surface area contributed by atoms with Crippen molar-refractivity contribution in [1.29, 1.82) is 0 Å². The summed E-state index contributed by atoms with van der Waals surface area (Å²) in [6, 6.07) is 5.91. The number of rotatable bonds is 3. The number of carbonyl (C=O) groups is 1. The fourth-order valence-electron chi connectivity index (χ4n) is 1.62. The maximum Gasteiger partial charge on any atom is 0.360 e. The molecule has 5 heteroatoms. The van der Waals surface area contributed by atoms with Gasteiger partial charge in [-0.05, 0) is 26.0 Å². The molecular formula is C13H12FNO3. The topological polar surface area (TPSA) is 52.3 Å². The molecule has 1 heterocycles. The van der Waals surface area contributed by atoms with Gasteiger partial charge in [0.15, 0.2) is 11.5 Å². The van der Waals surface area contributed by atoms with Crippen molar-refractivity contribution in [3.05, 3.63) is 41.3 Å². The monoisotopic (exact) mass is 249 g/mol. The van der Waals surface area contributed by atoms with Crippen LogP contribution >= 0.6 is 0 Å². The molecule has 2 aromatic rings. The molecule has 0 bridgehead atoms. The van der Waals surface area contributed by atoms with Gasteiger partial charge < -0.3 is 9.26 Å². The fourth-order valence-corrected chi connectivity index (χ4v) is 1.62. The van der Waals surface area contributed by atoms with E-state index >= 15 is 0 Å². The van der Waals surface area contributed by atoms with Crippen LogP contribution < -0.4 is 0 Å². The fraction of sp³-hybridized carbons (Fsp3) is 0.231. The first-order chi connectivity index (χ1) is 8.63. The molecule has 0 unspecified atom stereocenters. The highest BCUT2D eigenvalue weighted by Crippen LogP contribution is 2.26. The molecule has 0 spiro atoms. The van der Waals surface area contributed by atoms with Gasteiger partial charge >= 0.3 is 5.97 Å². The number of hydrogen-bond donors (Lipinski definition) is 0. The van der Waals surface area contributed by atoms with Crippen molar-refractivity contribution in [1.82, 2.24) is 5.16 Å². The van der Waals surface area contributed by atoms with Crippen molar-refractivity contribution in [2.45, 2.75) is 13.8 Å². The van der Waals surface area contributed by atoms with E-state index in [1.165, 1.54) is 12.1 Å². The lowest BCUT2D eigenvalue weighted by Gasteiger charge is -1.99. The van der Waals surface area contributed by atoms with Gasteiger partial charge in [-0.25, -0.2) is 9.18 Å². The Balaban J connectivity index is 2.39. The van der Waals surface area contributed by atoms with Gasteiger partial charge in [0, 0.05) is 11.1 Å². The third-order valence-corrected chi connectivity index (χ3v) is 2.48. The summed E-state index contributed by atoms with van der Waals surface area (Å²) in [5.41, 5.74) is 1.20. The van der Waals surface area contributed by atoms with Crippen LogP contribution in [0, 0.1) is 12.7 Å². The van der Waals surface area contributed by atoms with Gasteiger partial charge in [-0.1, -0.05) is 17.3 Å². The van der Waals surface area contributed by atoms with Crippen LogP contribution in [0.3, 0.4) is 0 Å². The number of benzene rings is 1. The first kappa shape index (κ1) is 12.3. The largest absolute Gasteiger partial charge is 0.461 e. The van der Waals surface area contributed by atoms with Gasteiger partial charge in [0.2, 0.25) is 0 Å². The Hall–Kier alpha value is -2.17. The third-order valence-electron chi connectivity index (χ3n) is 2.48. The second kappa shape index (κ2) is 5.00. The molecule has 0 N–H and O–H groups in total. The van der Waals surface area contributed by atoms with E-state index in [-0.39, 0.29) is 18.1 Å². The number of halogens is 1. The summed E-state index contributed by atoms with van der Waals surface area (Å²) >= 11 is 0. The summed E-state index contributed by atoms with van der Waals surface area (Å²) in [6.45, 7) is 3.66. The average molecular weight is 249 g/mol. The van der Waals surface area contributed by atoms with Gasteiger partial charge in [-0.2, -0.15) is 0 Å². The molecule has 0 saturated carbocycles. The first-order valence-corrected chi connectivity index (χ1v) is 5.52. The number of nitrogens with zero attached hydrogens (tertiary/aromatic N) is 1. The molecule has 0 aliphatic rings. The minimum atomic E-state index is -0.540. The predicted molar refractivity (Wildman–Crippen MR) is 62.6 cm³/mol. The number of aromatic nitrogens is 1. The third kappa shape index (κ3) is 2.25. The summed E-state index contributed by atoms with van der Waals surface area (Å²) in [6.07, 6.45) is 0. The van der Waals surface area contributed by atoms with Crippen molar-refractivity contribution in [2.75, 3.05) is 6.61 Å². The second-order valence-electron chi connectivity index (χ2n) is 3.72. The quantitative estimate of drug-likeness (QED) is 0.785. The van der Waals surface area contributed by atoms with Crippen LogP contribution in [-0.4, -0.2) is 17.7 Å². The second-order valence-corrected chi connectivity index (χ2v) is 3.72. The van der Waals surface area contributed by atoms with Crippen molar-refractivity contribution >= 4 is 5.97 Å². The molecular weight excluding hydrogens is 237 g/mol. The molecule has 0 amide bonds. The minimum absolute atomic E-state index is 0.121. The van der Waals surface area contributed by atoms with Crippen LogP contribution in [0.1, 0.15) is 23.0 Å². The van der Waals surface area contributed by atoms with Gasteiger partial charge in [-0.15, -0.1) is 0 Å². The molecule has 0 radical (unpaired) electrons. The Morgan fingerprint density at radius 1 is 1.50 bits per heavy atom. The summed E-state index contributed by atoms with van der Waals surface area (Å²) in [4.78, 5) is 11.6.